The zero-order valence-electron chi connectivity index (χ0n) is 20.2. The molecule has 2 rings (SSSR count). The Hall–Kier alpha value is -0.700. The van der Waals surface area contributed by atoms with Crippen molar-refractivity contribution < 1.29 is 9.47 Å². The maximum absolute atomic E-state index is 6.58. The van der Waals surface area contributed by atoms with E-state index in [2.05, 4.69) is 37.3 Å². The molecule has 182 valence electrons. The molecule has 0 heterocycles. The lowest BCUT2D eigenvalue weighted by molar-refractivity contribution is -0.0553. The molecule has 0 saturated carbocycles. The number of unbranched alkanes of at least 4 members (excludes halogenated alkanes) is 10. The first kappa shape index (κ1) is 27.5. The number of halogens is 2. The summed E-state index contributed by atoms with van der Waals surface area (Å²) in [6.07, 6.45) is 18.7. The van der Waals surface area contributed by atoms with Gasteiger partial charge in [-0.25, -0.2) is 0 Å². The van der Waals surface area contributed by atoms with Crippen molar-refractivity contribution >= 4 is 29.0 Å². The van der Waals surface area contributed by atoms with Crippen molar-refractivity contribution in [1.82, 2.24) is 0 Å². The summed E-state index contributed by atoms with van der Waals surface area (Å²) < 4.78 is 12.8. The Kier molecular flexibility index (Phi) is 14.5. The van der Waals surface area contributed by atoms with Crippen LogP contribution in [0, 0.1) is 0 Å². The van der Waals surface area contributed by atoms with Crippen molar-refractivity contribution in [2.24, 2.45) is 0 Å². The van der Waals surface area contributed by atoms with E-state index >= 15 is 0 Å². The molecule has 0 aliphatic heterocycles. The topological polar surface area (TPSA) is 18.5 Å². The van der Waals surface area contributed by atoms with Gasteiger partial charge in [0.2, 0.25) is 0 Å². The zero-order chi connectivity index (χ0) is 22.9. The summed E-state index contributed by atoms with van der Waals surface area (Å²) in [5.41, 5.74) is 2.29. The molecule has 4 heteroatoms. The van der Waals surface area contributed by atoms with Crippen molar-refractivity contribution in [2.75, 3.05) is 25.0 Å². The summed E-state index contributed by atoms with van der Waals surface area (Å²) in [6.45, 7) is 3.86. The maximum Gasteiger partial charge on any atom is 0.123 e. The fraction of sp³-hybridized carbons (Fsp3) is 0.714. The summed E-state index contributed by atoms with van der Waals surface area (Å²) in [7, 11) is 0. The minimum absolute atomic E-state index is 0.218. The van der Waals surface area contributed by atoms with Crippen LogP contribution in [0.25, 0.3) is 5.76 Å². The molecule has 2 nitrogen and oxygen atoms in total. The highest BCUT2D eigenvalue weighted by molar-refractivity contribution is 6.18. The number of hydrogen-bond donors (Lipinski definition) is 0. The van der Waals surface area contributed by atoms with Crippen LogP contribution in [0.4, 0.5) is 0 Å². The van der Waals surface area contributed by atoms with Gasteiger partial charge in [0, 0.05) is 30.4 Å². The predicted octanol–water partition coefficient (Wildman–Crippen LogP) is 9.23. The first-order chi connectivity index (χ1) is 15.8. The van der Waals surface area contributed by atoms with Gasteiger partial charge >= 0.3 is 0 Å². The van der Waals surface area contributed by atoms with Crippen molar-refractivity contribution in [3.63, 3.8) is 0 Å². The summed E-state index contributed by atoms with van der Waals surface area (Å²) in [5.74, 6) is 2.61. The first-order valence-corrected chi connectivity index (χ1v) is 14.0. The number of ether oxygens (including phenoxy) is 2. The molecule has 1 aliphatic carbocycles. The predicted molar refractivity (Wildman–Crippen MR) is 140 cm³/mol. The lowest BCUT2D eigenvalue weighted by Gasteiger charge is -2.37. The van der Waals surface area contributed by atoms with Crippen molar-refractivity contribution in [2.45, 2.75) is 102 Å². The van der Waals surface area contributed by atoms with Crippen LogP contribution < -0.4 is 0 Å². The minimum Gasteiger partial charge on any atom is -0.493 e. The number of hydrogen-bond acceptors (Lipinski definition) is 2. The molecule has 1 atom stereocenters. The lowest BCUT2D eigenvalue weighted by Crippen LogP contribution is -2.32. The molecule has 1 aromatic carbocycles. The van der Waals surface area contributed by atoms with Gasteiger partial charge in [-0.15, -0.1) is 23.2 Å². The van der Waals surface area contributed by atoms with Crippen molar-refractivity contribution in [3.8, 4) is 0 Å². The molecule has 1 aromatic rings. The third kappa shape index (κ3) is 9.27. The minimum atomic E-state index is -0.218. The molecule has 32 heavy (non-hydrogen) atoms. The third-order valence-electron chi connectivity index (χ3n) is 6.56. The van der Waals surface area contributed by atoms with Gasteiger partial charge in [0.1, 0.15) is 5.76 Å². The first-order valence-electron chi connectivity index (χ1n) is 13.0. The van der Waals surface area contributed by atoms with Gasteiger partial charge in [-0.2, -0.15) is 0 Å². The maximum atomic E-state index is 6.58. The highest BCUT2D eigenvalue weighted by Crippen LogP contribution is 2.43. The van der Waals surface area contributed by atoms with Crippen LogP contribution in [0.3, 0.4) is 0 Å². The van der Waals surface area contributed by atoms with Gasteiger partial charge in [0.25, 0.3) is 0 Å². The van der Waals surface area contributed by atoms with Crippen LogP contribution in [-0.4, -0.2) is 25.0 Å². The van der Waals surface area contributed by atoms with E-state index in [9.17, 15) is 0 Å². The highest BCUT2D eigenvalue weighted by atomic mass is 35.5. The van der Waals surface area contributed by atoms with Crippen LogP contribution in [0.15, 0.2) is 30.3 Å². The summed E-state index contributed by atoms with van der Waals surface area (Å²) >= 11 is 11.5. The molecule has 0 aromatic heterocycles. The van der Waals surface area contributed by atoms with E-state index < -0.39 is 0 Å². The zero-order valence-corrected chi connectivity index (χ0v) is 21.7. The summed E-state index contributed by atoms with van der Waals surface area (Å²) in [4.78, 5) is 0. The second kappa shape index (κ2) is 16.8. The van der Waals surface area contributed by atoms with Crippen LogP contribution in [0.2, 0.25) is 0 Å². The average molecular weight is 484 g/mol. The Bertz CT molecular complexity index is 646. The molecule has 0 fully saturated rings. The molecule has 0 bridgehead atoms. The highest BCUT2D eigenvalue weighted by Gasteiger charge is 2.36. The second-order valence-corrected chi connectivity index (χ2v) is 9.74. The number of fused-ring (bicyclic) bond motifs is 1. The number of rotatable bonds is 19. The number of benzene rings is 1. The molecular formula is C28H44Cl2O2. The van der Waals surface area contributed by atoms with Gasteiger partial charge in [-0.3, -0.25) is 0 Å². The normalized spacial score (nSPS) is 17.8. The Morgan fingerprint density at radius 3 is 1.94 bits per heavy atom. The Labute approximate surface area is 207 Å². The fourth-order valence-electron chi connectivity index (χ4n) is 4.54. The molecule has 0 spiro atoms. The molecule has 1 aliphatic rings. The third-order valence-corrected chi connectivity index (χ3v) is 7.10. The van der Waals surface area contributed by atoms with E-state index in [0.29, 0.717) is 0 Å². The van der Waals surface area contributed by atoms with E-state index in [1.807, 2.05) is 0 Å². The van der Waals surface area contributed by atoms with E-state index in [1.165, 1.54) is 62.5 Å². The molecule has 0 amide bonds. The Morgan fingerprint density at radius 1 is 0.750 bits per heavy atom. The van der Waals surface area contributed by atoms with Crippen molar-refractivity contribution in [1.29, 1.82) is 0 Å². The van der Waals surface area contributed by atoms with Crippen LogP contribution in [-0.2, 0) is 15.1 Å². The number of alkyl halides is 2. The van der Waals surface area contributed by atoms with Gasteiger partial charge in [0.05, 0.1) is 12.2 Å². The smallest absolute Gasteiger partial charge is 0.123 e. The summed E-state index contributed by atoms with van der Waals surface area (Å²) in [5, 5.41) is 0. The fourth-order valence-corrected chi connectivity index (χ4v) is 4.92. The van der Waals surface area contributed by atoms with E-state index in [-0.39, 0.29) is 5.60 Å². The van der Waals surface area contributed by atoms with E-state index in [0.717, 1.165) is 69.3 Å². The molecular weight excluding hydrogens is 439 g/mol. The van der Waals surface area contributed by atoms with Gasteiger partial charge in [0.15, 0.2) is 0 Å². The van der Waals surface area contributed by atoms with Gasteiger partial charge < -0.3 is 9.47 Å². The van der Waals surface area contributed by atoms with Crippen LogP contribution in [0.5, 0.6) is 0 Å². The van der Waals surface area contributed by atoms with Crippen LogP contribution in [0.1, 0.15) is 108 Å². The SMILES string of the molecule is CCC1(OCCCCCCCCCl)CC=C(OCCCCCCCCCl)c2ccccc21. The largest absolute Gasteiger partial charge is 0.493 e. The van der Waals surface area contributed by atoms with E-state index in [1.54, 1.807) is 0 Å². The Morgan fingerprint density at radius 2 is 1.31 bits per heavy atom. The molecule has 1 unspecified atom stereocenters. The lowest BCUT2D eigenvalue weighted by atomic mass is 9.80. The summed E-state index contributed by atoms with van der Waals surface area (Å²) in [6, 6.07) is 8.67. The van der Waals surface area contributed by atoms with Gasteiger partial charge in [-0.05, 0) is 43.7 Å². The van der Waals surface area contributed by atoms with Gasteiger partial charge in [-0.1, -0.05) is 82.6 Å². The molecule has 0 N–H and O–H groups in total. The van der Waals surface area contributed by atoms with Crippen molar-refractivity contribution in [3.05, 3.63) is 41.5 Å². The quantitative estimate of drug-likeness (QED) is 0.144. The Balaban J connectivity index is 1.80. The molecule has 0 saturated heterocycles. The average Bonchev–Trinajstić information content (AvgIpc) is 2.83. The van der Waals surface area contributed by atoms with Crippen LogP contribution >= 0.6 is 23.2 Å². The molecule has 0 radical (unpaired) electrons. The van der Waals surface area contributed by atoms with E-state index in [4.69, 9.17) is 32.7 Å². The standard InChI is InChI=1S/C28H44Cl2O2/c1-2-28(32-24-16-10-6-4-8-14-22-30)20-19-27(25-17-11-12-18-26(25)28)31-23-15-9-5-3-7-13-21-29/h11-12,17-19H,2-10,13-16,20-24H2,1H3. The second-order valence-electron chi connectivity index (χ2n) is 8.98. The monoisotopic (exact) mass is 482 g/mol.